The van der Waals surface area contributed by atoms with Crippen molar-refractivity contribution < 1.29 is 35.9 Å². The van der Waals surface area contributed by atoms with E-state index in [9.17, 15) is 35.9 Å². The second-order valence-electron chi connectivity index (χ2n) is 4.65. The standard InChI is InChI=1S/C14H8F6N4O2/c15-5-1-7(17)11(8(18)2-5)21-23-13(25)14(26)24-22-12-9(19)3-6(16)4-10(12)20/h1-4,21-22H,(H,23,25)(H,24,26). The van der Waals surface area contributed by atoms with E-state index in [1.165, 1.54) is 0 Å². The van der Waals surface area contributed by atoms with Gasteiger partial charge in [0.25, 0.3) is 0 Å². The molecule has 2 rings (SSSR count). The maximum atomic E-state index is 13.3. The summed E-state index contributed by atoms with van der Waals surface area (Å²) < 4.78 is 78.8. The predicted molar refractivity (Wildman–Crippen MR) is 76.2 cm³/mol. The first-order valence-electron chi connectivity index (χ1n) is 6.60. The Morgan fingerprint density at radius 2 is 0.846 bits per heavy atom. The topological polar surface area (TPSA) is 82.3 Å². The maximum Gasteiger partial charge on any atom is 0.329 e. The molecule has 2 aromatic rings. The highest BCUT2D eigenvalue weighted by Crippen LogP contribution is 2.20. The van der Waals surface area contributed by atoms with E-state index >= 15 is 0 Å². The van der Waals surface area contributed by atoms with Crippen molar-refractivity contribution in [3.8, 4) is 0 Å². The van der Waals surface area contributed by atoms with E-state index in [0.717, 1.165) is 0 Å². The lowest BCUT2D eigenvalue weighted by atomic mass is 10.3. The highest BCUT2D eigenvalue weighted by Gasteiger charge is 2.18. The molecule has 0 atom stereocenters. The summed E-state index contributed by atoms with van der Waals surface area (Å²) >= 11 is 0. The van der Waals surface area contributed by atoms with Crippen molar-refractivity contribution in [2.75, 3.05) is 10.9 Å². The van der Waals surface area contributed by atoms with E-state index in [2.05, 4.69) is 0 Å². The van der Waals surface area contributed by atoms with E-state index in [4.69, 9.17) is 0 Å². The van der Waals surface area contributed by atoms with Gasteiger partial charge in [0.2, 0.25) is 0 Å². The van der Waals surface area contributed by atoms with Crippen LogP contribution in [0, 0.1) is 34.9 Å². The summed E-state index contributed by atoms with van der Waals surface area (Å²) in [4.78, 5) is 22.9. The number of carbonyl (C=O) groups excluding carboxylic acids is 2. The van der Waals surface area contributed by atoms with Crippen molar-refractivity contribution in [3.63, 3.8) is 0 Å². The molecule has 12 heteroatoms. The van der Waals surface area contributed by atoms with Crippen LogP contribution in [-0.4, -0.2) is 11.8 Å². The molecule has 0 bridgehead atoms. The van der Waals surface area contributed by atoms with Crippen molar-refractivity contribution in [2.45, 2.75) is 0 Å². The molecule has 0 heterocycles. The van der Waals surface area contributed by atoms with Gasteiger partial charge in [-0.3, -0.25) is 31.3 Å². The number of benzene rings is 2. The highest BCUT2D eigenvalue weighted by molar-refractivity contribution is 6.35. The van der Waals surface area contributed by atoms with Gasteiger partial charge in [0.05, 0.1) is 0 Å². The molecule has 0 saturated carbocycles. The van der Waals surface area contributed by atoms with Crippen molar-refractivity contribution >= 4 is 23.2 Å². The molecule has 138 valence electrons. The molecule has 2 aromatic carbocycles. The lowest BCUT2D eigenvalue weighted by Crippen LogP contribution is -2.45. The molecular formula is C14H8F6N4O2. The summed E-state index contributed by atoms with van der Waals surface area (Å²) in [6, 6.07) is 1.27. The largest absolute Gasteiger partial charge is 0.329 e. The van der Waals surface area contributed by atoms with Crippen molar-refractivity contribution in [1.82, 2.24) is 10.9 Å². The minimum absolute atomic E-state index is 0.319. The molecule has 0 unspecified atom stereocenters. The van der Waals surface area contributed by atoms with Crippen LogP contribution in [0.15, 0.2) is 24.3 Å². The monoisotopic (exact) mass is 378 g/mol. The third-order valence-corrected chi connectivity index (χ3v) is 2.82. The molecule has 0 saturated heterocycles. The minimum Gasteiger partial charge on any atom is -0.293 e. The molecule has 0 aliphatic rings. The second-order valence-corrected chi connectivity index (χ2v) is 4.65. The fourth-order valence-electron chi connectivity index (χ4n) is 1.68. The van der Waals surface area contributed by atoms with Crippen LogP contribution < -0.4 is 21.7 Å². The number of amides is 2. The van der Waals surface area contributed by atoms with Gasteiger partial charge in [0, 0.05) is 24.3 Å². The van der Waals surface area contributed by atoms with Crippen molar-refractivity contribution in [2.24, 2.45) is 0 Å². The summed E-state index contributed by atoms with van der Waals surface area (Å²) in [7, 11) is 0. The van der Waals surface area contributed by atoms with Gasteiger partial charge in [-0.2, -0.15) is 0 Å². The lowest BCUT2D eigenvalue weighted by molar-refractivity contribution is -0.138. The quantitative estimate of drug-likeness (QED) is 0.373. The van der Waals surface area contributed by atoms with Gasteiger partial charge in [0.15, 0.2) is 23.3 Å². The van der Waals surface area contributed by atoms with Gasteiger partial charge in [0.1, 0.15) is 23.0 Å². The van der Waals surface area contributed by atoms with Crippen LogP contribution in [0.1, 0.15) is 0 Å². The van der Waals surface area contributed by atoms with E-state index in [0.29, 0.717) is 24.3 Å². The number of carbonyl (C=O) groups is 2. The summed E-state index contributed by atoms with van der Waals surface area (Å²) in [6.07, 6.45) is 0. The van der Waals surface area contributed by atoms with Crippen LogP contribution in [0.5, 0.6) is 0 Å². The average Bonchev–Trinajstić information content (AvgIpc) is 2.52. The number of anilines is 2. The summed E-state index contributed by atoms with van der Waals surface area (Å²) in [5.74, 6) is -11.0. The average molecular weight is 378 g/mol. The number of nitrogens with one attached hydrogen (secondary N) is 4. The van der Waals surface area contributed by atoms with E-state index in [1.54, 1.807) is 21.7 Å². The van der Waals surface area contributed by atoms with Crippen LogP contribution in [0.4, 0.5) is 37.7 Å². The number of hydrogen-bond donors (Lipinski definition) is 4. The van der Waals surface area contributed by atoms with Gasteiger partial charge in [-0.1, -0.05) is 0 Å². The maximum absolute atomic E-state index is 13.3. The molecule has 26 heavy (non-hydrogen) atoms. The third kappa shape index (κ3) is 4.34. The summed E-state index contributed by atoms with van der Waals surface area (Å²) in [5.41, 5.74) is 4.70. The highest BCUT2D eigenvalue weighted by atomic mass is 19.2. The number of rotatable bonds is 4. The lowest BCUT2D eigenvalue weighted by Gasteiger charge is -2.12. The van der Waals surface area contributed by atoms with Crippen molar-refractivity contribution in [1.29, 1.82) is 0 Å². The zero-order valence-corrected chi connectivity index (χ0v) is 12.4. The van der Waals surface area contributed by atoms with E-state index in [1.807, 2.05) is 0 Å². The van der Waals surface area contributed by atoms with Crippen molar-refractivity contribution in [3.05, 3.63) is 59.2 Å². The molecule has 2 amide bonds. The Labute approximate surface area is 141 Å². The Balaban J connectivity index is 1.96. The first-order chi connectivity index (χ1) is 12.2. The Morgan fingerprint density at radius 1 is 0.577 bits per heavy atom. The second kappa shape index (κ2) is 7.63. The predicted octanol–water partition coefficient (Wildman–Crippen LogP) is 2.11. The van der Waals surface area contributed by atoms with Gasteiger partial charge < -0.3 is 0 Å². The molecule has 0 aromatic heterocycles. The Kier molecular flexibility index (Phi) is 5.54. The van der Waals surface area contributed by atoms with E-state index in [-0.39, 0.29) is 0 Å². The SMILES string of the molecule is O=C(NNc1c(F)cc(F)cc1F)C(=O)NNc1c(F)cc(F)cc1F. The van der Waals surface area contributed by atoms with Gasteiger partial charge >= 0.3 is 11.8 Å². The Hall–Kier alpha value is -3.44. The molecule has 4 N–H and O–H groups in total. The third-order valence-electron chi connectivity index (χ3n) is 2.82. The summed E-state index contributed by atoms with van der Waals surface area (Å²) in [6.45, 7) is 0. The van der Waals surface area contributed by atoms with Crippen LogP contribution in [-0.2, 0) is 9.59 Å². The zero-order chi connectivity index (χ0) is 19.4. The zero-order valence-electron chi connectivity index (χ0n) is 12.4. The Morgan fingerprint density at radius 3 is 1.12 bits per heavy atom. The van der Waals surface area contributed by atoms with Crippen LogP contribution >= 0.6 is 0 Å². The molecule has 6 nitrogen and oxygen atoms in total. The van der Waals surface area contributed by atoms with Crippen LogP contribution in [0.25, 0.3) is 0 Å². The van der Waals surface area contributed by atoms with Crippen LogP contribution in [0.3, 0.4) is 0 Å². The first-order valence-corrected chi connectivity index (χ1v) is 6.60. The first kappa shape index (κ1) is 18.9. The molecule has 0 radical (unpaired) electrons. The van der Waals surface area contributed by atoms with E-state index < -0.39 is 58.1 Å². The minimum atomic E-state index is -1.52. The Bertz CT molecular complexity index is 759. The number of hydrazine groups is 2. The van der Waals surface area contributed by atoms with Gasteiger partial charge in [-0.25, -0.2) is 26.3 Å². The van der Waals surface area contributed by atoms with Gasteiger partial charge in [-0.15, -0.1) is 0 Å². The fourth-order valence-corrected chi connectivity index (χ4v) is 1.68. The normalized spacial score (nSPS) is 10.2. The fraction of sp³-hybridized carbons (Fsp3) is 0. The molecule has 0 aliphatic heterocycles. The number of halogens is 6. The molecule has 0 aliphatic carbocycles. The molecule has 0 spiro atoms. The van der Waals surface area contributed by atoms with Gasteiger partial charge in [-0.05, 0) is 0 Å². The van der Waals surface area contributed by atoms with Crippen LogP contribution in [0.2, 0.25) is 0 Å². The number of hydrogen-bond acceptors (Lipinski definition) is 4. The summed E-state index contributed by atoms with van der Waals surface area (Å²) in [5, 5.41) is 0. The molecule has 0 fully saturated rings. The smallest absolute Gasteiger partial charge is 0.293 e. The molecular weight excluding hydrogens is 370 g/mol.